The number of thiophene rings is 1. The van der Waals surface area contributed by atoms with Crippen molar-refractivity contribution < 1.29 is 0 Å². The molecule has 1 heterocycles. The van der Waals surface area contributed by atoms with E-state index in [1.807, 2.05) is 11.3 Å². The number of hydrogen-bond acceptors (Lipinski definition) is 3. The number of nitrogens with zero attached hydrogens (tertiary/aromatic N) is 2. The topological polar surface area (TPSA) is 6.48 Å². The largest absolute Gasteiger partial charge is 0.310 e. The quantitative estimate of drug-likeness (QED) is 0.153. The van der Waals surface area contributed by atoms with Gasteiger partial charge in [0, 0.05) is 54.0 Å². The molecule has 0 aliphatic carbocycles. The lowest BCUT2D eigenvalue weighted by Crippen LogP contribution is -2.10. The first-order valence-electron chi connectivity index (χ1n) is 19.5. The van der Waals surface area contributed by atoms with E-state index in [2.05, 4.69) is 230 Å². The summed E-state index contributed by atoms with van der Waals surface area (Å²) in [5.41, 5.74) is 14.1. The lowest BCUT2D eigenvalue weighted by Gasteiger charge is -2.28. The molecule has 0 radical (unpaired) electrons. The van der Waals surface area contributed by atoms with Gasteiger partial charge >= 0.3 is 0 Å². The summed E-state index contributed by atoms with van der Waals surface area (Å²) < 4.78 is 2.52. The number of fused-ring (bicyclic) bond motifs is 5. The van der Waals surface area contributed by atoms with E-state index in [0.29, 0.717) is 0 Å². The van der Waals surface area contributed by atoms with Gasteiger partial charge in [0.15, 0.2) is 0 Å². The van der Waals surface area contributed by atoms with Gasteiger partial charge in [-0.25, -0.2) is 0 Å². The van der Waals surface area contributed by atoms with Gasteiger partial charge in [-0.1, -0.05) is 151 Å². The number of anilines is 6. The highest BCUT2D eigenvalue weighted by atomic mass is 32.1. The Morgan fingerprint density at radius 1 is 0.316 bits per heavy atom. The van der Waals surface area contributed by atoms with Crippen LogP contribution < -0.4 is 9.80 Å². The van der Waals surface area contributed by atoms with E-state index in [1.54, 1.807) is 0 Å². The summed E-state index contributed by atoms with van der Waals surface area (Å²) in [6, 6.07) is 75.2. The molecule has 1 aromatic heterocycles. The van der Waals surface area contributed by atoms with Crippen molar-refractivity contribution in [3.05, 3.63) is 217 Å². The second kappa shape index (κ2) is 14.6. The van der Waals surface area contributed by atoms with E-state index in [1.165, 1.54) is 64.3 Å². The molecular weight excluding hydrogens is 709 g/mol. The Balaban J connectivity index is 1.16. The molecule has 0 fully saturated rings. The zero-order valence-electron chi connectivity index (χ0n) is 31.9. The molecule has 0 unspecified atom stereocenters. The summed E-state index contributed by atoms with van der Waals surface area (Å²) in [7, 11) is 0. The van der Waals surface area contributed by atoms with E-state index in [4.69, 9.17) is 0 Å². The maximum atomic E-state index is 2.43. The molecule has 10 aromatic rings. The van der Waals surface area contributed by atoms with Gasteiger partial charge in [0.25, 0.3) is 0 Å². The Morgan fingerprint density at radius 2 is 0.789 bits per heavy atom. The highest BCUT2D eigenvalue weighted by Gasteiger charge is 2.21. The van der Waals surface area contributed by atoms with Crippen LogP contribution in [0.1, 0.15) is 11.1 Å². The smallest absolute Gasteiger partial charge is 0.0554 e. The monoisotopic (exact) mass is 748 g/mol. The van der Waals surface area contributed by atoms with Crippen LogP contribution in [-0.2, 0) is 0 Å². The van der Waals surface area contributed by atoms with Crippen LogP contribution in [-0.4, -0.2) is 0 Å². The Labute approximate surface area is 338 Å². The summed E-state index contributed by atoms with van der Waals surface area (Å²) in [6.45, 7) is 4.29. The van der Waals surface area contributed by atoms with Crippen molar-refractivity contribution in [2.24, 2.45) is 0 Å². The molecule has 2 nitrogen and oxygen atoms in total. The molecule has 0 aliphatic heterocycles. The summed E-state index contributed by atoms with van der Waals surface area (Å²) in [5, 5.41) is 5.05. The SMILES string of the molecule is Cc1ccc(N(c2cccc(-c3ccccc3)c2)c2ccc3c(c2)sc2cc(N(c4ccc(C)cc4)c4cccc(-c5ccccc5)c4)c4ccccc4c23)cc1. The molecule has 0 amide bonds. The number of hydrogen-bond donors (Lipinski definition) is 0. The van der Waals surface area contributed by atoms with Gasteiger partial charge in [-0.05, 0) is 108 Å². The average Bonchev–Trinajstić information content (AvgIpc) is 3.64. The summed E-state index contributed by atoms with van der Waals surface area (Å²) in [6.07, 6.45) is 0. The zero-order valence-corrected chi connectivity index (χ0v) is 32.7. The summed E-state index contributed by atoms with van der Waals surface area (Å²) in [5.74, 6) is 0. The van der Waals surface area contributed by atoms with E-state index < -0.39 is 0 Å². The molecule has 3 heteroatoms. The lowest BCUT2D eigenvalue weighted by molar-refractivity contribution is 1.28. The van der Waals surface area contributed by atoms with E-state index in [-0.39, 0.29) is 0 Å². The molecule has 0 saturated heterocycles. The van der Waals surface area contributed by atoms with Crippen LogP contribution in [0.15, 0.2) is 206 Å². The molecule has 0 aliphatic rings. The third-order valence-corrected chi connectivity index (χ3v) is 12.0. The van der Waals surface area contributed by atoms with Crippen molar-refractivity contribution >= 4 is 76.4 Å². The molecule has 10 rings (SSSR count). The van der Waals surface area contributed by atoms with Gasteiger partial charge in [0.05, 0.1) is 5.69 Å². The molecular formula is C54H40N2S. The fourth-order valence-corrected chi connectivity index (χ4v) is 9.30. The number of aryl methyl sites for hydroxylation is 2. The minimum atomic E-state index is 1.12. The van der Waals surface area contributed by atoms with Crippen LogP contribution in [0.25, 0.3) is 53.2 Å². The first-order chi connectivity index (χ1) is 28.1. The minimum Gasteiger partial charge on any atom is -0.310 e. The Bertz CT molecular complexity index is 3020. The molecule has 0 saturated carbocycles. The third-order valence-electron chi connectivity index (χ3n) is 10.9. The fourth-order valence-electron chi connectivity index (χ4n) is 8.11. The highest BCUT2D eigenvalue weighted by molar-refractivity contribution is 7.26. The number of rotatable bonds is 8. The molecule has 272 valence electrons. The van der Waals surface area contributed by atoms with E-state index in [0.717, 1.165) is 34.1 Å². The molecule has 57 heavy (non-hydrogen) atoms. The van der Waals surface area contributed by atoms with Gasteiger partial charge < -0.3 is 9.80 Å². The van der Waals surface area contributed by atoms with Crippen LogP contribution in [0.4, 0.5) is 34.1 Å². The van der Waals surface area contributed by atoms with Crippen molar-refractivity contribution in [3.8, 4) is 22.3 Å². The predicted molar refractivity (Wildman–Crippen MR) is 247 cm³/mol. The molecule has 9 aromatic carbocycles. The van der Waals surface area contributed by atoms with Crippen LogP contribution in [0.2, 0.25) is 0 Å². The Morgan fingerprint density at radius 3 is 1.39 bits per heavy atom. The first-order valence-corrected chi connectivity index (χ1v) is 20.3. The second-order valence-corrected chi connectivity index (χ2v) is 15.9. The van der Waals surface area contributed by atoms with Crippen molar-refractivity contribution in [1.82, 2.24) is 0 Å². The van der Waals surface area contributed by atoms with E-state index in [9.17, 15) is 0 Å². The molecule has 0 N–H and O–H groups in total. The molecule has 0 atom stereocenters. The molecule has 0 bridgehead atoms. The van der Waals surface area contributed by atoms with Crippen LogP contribution in [0.5, 0.6) is 0 Å². The Hall–Kier alpha value is -6.94. The minimum absolute atomic E-state index is 1.12. The summed E-state index contributed by atoms with van der Waals surface area (Å²) in [4.78, 5) is 4.82. The maximum Gasteiger partial charge on any atom is 0.0554 e. The molecule has 0 spiro atoms. The number of benzene rings is 9. The van der Waals surface area contributed by atoms with Crippen molar-refractivity contribution in [1.29, 1.82) is 0 Å². The van der Waals surface area contributed by atoms with Gasteiger partial charge in [-0.2, -0.15) is 0 Å². The lowest BCUT2D eigenvalue weighted by atomic mass is 9.99. The first kappa shape index (κ1) is 34.5. The van der Waals surface area contributed by atoms with Crippen LogP contribution in [0, 0.1) is 13.8 Å². The van der Waals surface area contributed by atoms with Crippen molar-refractivity contribution in [2.75, 3.05) is 9.80 Å². The van der Waals surface area contributed by atoms with Crippen LogP contribution >= 0.6 is 11.3 Å². The van der Waals surface area contributed by atoms with Gasteiger partial charge in [0.1, 0.15) is 0 Å². The standard InChI is InChI=1S/C54H40N2S/c1-37-23-27-43(28-24-37)55(45-19-11-17-41(33-45)39-13-5-3-6-14-39)47-31-32-50-52(35-47)57-53-36-51(48-21-9-10-22-49(48)54(50)53)56(44-29-25-38(2)26-30-44)46-20-12-18-42(34-46)40-15-7-4-8-16-40/h3-36H,1-2H3. The normalized spacial score (nSPS) is 11.3. The maximum absolute atomic E-state index is 2.43. The average molecular weight is 749 g/mol. The zero-order chi connectivity index (χ0) is 38.3. The van der Waals surface area contributed by atoms with Crippen LogP contribution in [0.3, 0.4) is 0 Å². The fraction of sp³-hybridized carbons (Fsp3) is 0.0370. The van der Waals surface area contributed by atoms with E-state index >= 15 is 0 Å². The van der Waals surface area contributed by atoms with Gasteiger partial charge in [0.2, 0.25) is 0 Å². The van der Waals surface area contributed by atoms with Gasteiger partial charge in [-0.3, -0.25) is 0 Å². The predicted octanol–water partition coefficient (Wildman–Crippen LogP) is 16.1. The third kappa shape index (κ3) is 6.52. The Kier molecular flexibility index (Phi) is 8.86. The highest BCUT2D eigenvalue weighted by Crippen LogP contribution is 2.48. The van der Waals surface area contributed by atoms with Crippen molar-refractivity contribution in [3.63, 3.8) is 0 Å². The second-order valence-electron chi connectivity index (χ2n) is 14.8. The van der Waals surface area contributed by atoms with Gasteiger partial charge in [-0.15, -0.1) is 11.3 Å². The summed E-state index contributed by atoms with van der Waals surface area (Å²) >= 11 is 1.87. The van der Waals surface area contributed by atoms with Crippen molar-refractivity contribution in [2.45, 2.75) is 13.8 Å².